The standard InChI is InChI=1S/C37H72NO8P/c1-6-8-10-12-14-16-18-20-22-24-26-28-30-37(40)46-35(34-45-47(41,42)44-32-31-38(3,4)5)33-43-36(39)29-27-25-23-21-19-17-15-13-11-9-7-2/h13,15,35H,6-12,14,16-34H2,1-5H3/p+1/b15-13-/t35-/m1/s1. The highest BCUT2D eigenvalue weighted by molar-refractivity contribution is 7.47. The number of phosphoric ester groups is 1. The number of esters is 2. The fourth-order valence-corrected chi connectivity index (χ4v) is 5.74. The number of allylic oxidation sites excluding steroid dienone is 2. The third kappa shape index (κ3) is 34.4. The Morgan fingerprint density at radius 1 is 0.638 bits per heavy atom. The average Bonchev–Trinajstić information content (AvgIpc) is 3.01. The second-order valence-corrected chi connectivity index (χ2v) is 15.4. The van der Waals surface area contributed by atoms with E-state index in [2.05, 4.69) is 26.0 Å². The van der Waals surface area contributed by atoms with Gasteiger partial charge in [0.1, 0.15) is 19.8 Å². The van der Waals surface area contributed by atoms with Crippen LogP contribution in [0.15, 0.2) is 12.2 Å². The lowest BCUT2D eigenvalue weighted by Gasteiger charge is -2.24. The second-order valence-electron chi connectivity index (χ2n) is 14.0. The van der Waals surface area contributed by atoms with E-state index in [1.165, 1.54) is 70.6 Å². The van der Waals surface area contributed by atoms with Crippen LogP contribution in [-0.2, 0) is 32.7 Å². The molecule has 0 saturated carbocycles. The number of hydrogen-bond donors (Lipinski definition) is 1. The largest absolute Gasteiger partial charge is 0.472 e. The predicted octanol–water partition coefficient (Wildman–Crippen LogP) is 9.85. The van der Waals surface area contributed by atoms with E-state index in [-0.39, 0.29) is 32.0 Å². The zero-order valence-electron chi connectivity index (χ0n) is 31.0. The molecule has 2 atom stereocenters. The van der Waals surface area contributed by atoms with Gasteiger partial charge in [0.25, 0.3) is 0 Å². The van der Waals surface area contributed by atoms with Gasteiger partial charge in [-0.2, -0.15) is 0 Å². The third-order valence-corrected chi connectivity index (χ3v) is 9.03. The molecule has 0 heterocycles. The van der Waals surface area contributed by atoms with Crippen molar-refractivity contribution in [3.8, 4) is 0 Å². The molecule has 0 saturated heterocycles. The summed E-state index contributed by atoms with van der Waals surface area (Å²) in [6.07, 6.45) is 28.3. The average molecular weight is 691 g/mol. The first-order valence-corrected chi connectivity index (χ1v) is 20.4. The number of likely N-dealkylation sites (N-methyl/N-ethyl adjacent to an activating group) is 1. The maximum Gasteiger partial charge on any atom is 0.472 e. The van der Waals surface area contributed by atoms with Gasteiger partial charge < -0.3 is 18.9 Å². The molecule has 1 unspecified atom stereocenters. The van der Waals surface area contributed by atoms with Gasteiger partial charge in [-0.25, -0.2) is 4.57 Å². The zero-order valence-corrected chi connectivity index (χ0v) is 31.9. The van der Waals surface area contributed by atoms with Gasteiger partial charge in [-0.15, -0.1) is 0 Å². The molecule has 0 aliphatic rings. The number of hydrogen-bond acceptors (Lipinski definition) is 7. The van der Waals surface area contributed by atoms with Gasteiger partial charge >= 0.3 is 19.8 Å². The summed E-state index contributed by atoms with van der Waals surface area (Å²) in [6, 6.07) is 0. The van der Waals surface area contributed by atoms with E-state index in [4.69, 9.17) is 18.5 Å². The van der Waals surface area contributed by atoms with Crippen molar-refractivity contribution in [3.05, 3.63) is 12.2 Å². The fourth-order valence-electron chi connectivity index (χ4n) is 4.99. The molecule has 0 aromatic rings. The molecule has 0 aromatic carbocycles. The number of carbonyl (C=O) groups excluding carboxylic acids is 2. The van der Waals surface area contributed by atoms with Crippen molar-refractivity contribution in [2.45, 2.75) is 168 Å². The van der Waals surface area contributed by atoms with Crippen molar-refractivity contribution in [2.75, 3.05) is 47.5 Å². The number of quaternary nitrogens is 1. The van der Waals surface area contributed by atoms with Crippen LogP contribution in [0, 0.1) is 0 Å². The number of rotatable bonds is 34. The Balaban J connectivity index is 4.45. The minimum atomic E-state index is -4.36. The summed E-state index contributed by atoms with van der Waals surface area (Å²) >= 11 is 0. The van der Waals surface area contributed by atoms with Gasteiger partial charge in [0.15, 0.2) is 6.10 Å². The normalized spacial score (nSPS) is 13.9. The molecule has 0 bridgehead atoms. The first-order valence-electron chi connectivity index (χ1n) is 18.9. The quantitative estimate of drug-likeness (QED) is 0.0234. The summed E-state index contributed by atoms with van der Waals surface area (Å²) in [5.41, 5.74) is 0. The first-order chi connectivity index (χ1) is 22.5. The summed E-state index contributed by atoms with van der Waals surface area (Å²) in [4.78, 5) is 35.1. The minimum absolute atomic E-state index is 0.0331. The molecule has 278 valence electrons. The van der Waals surface area contributed by atoms with Gasteiger partial charge in [-0.05, 0) is 32.1 Å². The van der Waals surface area contributed by atoms with Crippen LogP contribution >= 0.6 is 7.82 Å². The predicted molar refractivity (Wildman–Crippen MR) is 192 cm³/mol. The Labute approximate surface area is 288 Å². The lowest BCUT2D eigenvalue weighted by atomic mass is 10.0. The van der Waals surface area contributed by atoms with Crippen LogP contribution in [0.1, 0.15) is 162 Å². The van der Waals surface area contributed by atoms with Crippen molar-refractivity contribution in [3.63, 3.8) is 0 Å². The molecule has 0 spiro atoms. The molecule has 9 nitrogen and oxygen atoms in total. The molecule has 0 aromatic heterocycles. The molecule has 0 radical (unpaired) electrons. The molecule has 0 amide bonds. The van der Waals surface area contributed by atoms with Crippen molar-refractivity contribution in [2.24, 2.45) is 0 Å². The van der Waals surface area contributed by atoms with E-state index in [0.717, 1.165) is 57.8 Å². The van der Waals surface area contributed by atoms with Crippen molar-refractivity contribution >= 4 is 19.8 Å². The van der Waals surface area contributed by atoms with Crippen LogP contribution in [0.3, 0.4) is 0 Å². The third-order valence-electron chi connectivity index (χ3n) is 8.05. The van der Waals surface area contributed by atoms with Gasteiger partial charge in [0.05, 0.1) is 27.7 Å². The number of phosphoric acid groups is 1. The van der Waals surface area contributed by atoms with Crippen LogP contribution in [0.5, 0.6) is 0 Å². The highest BCUT2D eigenvalue weighted by Crippen LogP contribution is 2.43. The maximum absolute atomic E-state index is 12.6. The number of unbranched alkanes of at least 4 members (excludes halogenated alkanes) is 18. The van der Waals surface area contributed by atoms with Gasteiger partial charge in [-0.3, -0.25) is 18.6 Å². The van der Waals surface area contributed by atoms with Crippen molar-refractivity contribution in [1.82, 2.24) is 0 Å². The van der Waals surface area contributed by atoms with Crippen LogP contribution in [0.2, 0.25) is 0 Å². The lowest BCUT2D eigenvalue weighted by Crippen LogP contribution is -2.37. The van der Waals surface area contributed by atoms with E-state index < -0.39 is 26.5 Å². The summed E-state index contributed by atoms with van der Waals surface area (Å²) in [6.45, 7) is 4.36. The minimum Gasteiger partial charge on any atom is -0.462 e. The van der Waals surface area contributed by atoms with E-state index in [1.54, 1.807) is 0 Å². The summed E-state index contributed by atoms with van der Waals surface area (Å²) in [5.74, 6) is -0.807. The summed E-state index contributed by atoms with van der Waals surface area (Å²) in [5, 5.41) is 0. The Morgan fingerprint density at radius 2 is 1.11 bits per heavy atom. The summed E-state index contributed by atoms with van der Waals surface area (Å²) < 4.78 is 34.1. The van der Waals surface area contributed by atoms with E-state index in [0.29, 0.717) is 17.4 Å². The van der Waals surface area contributed by atoms with E-state index >= 15 is 0 Å². The van der Waals surface area contributed by atoms with Gasteiger partial charge in [0.2, 0.25) is 0 Å². The second kappa shape index (κ2) is 30.8. The Morgan fingerprint density at radius 3 is 1.64 bits per heavy atom. The highest BCUT2D eigenvalue weighted by atomic mass is 31.2. The molecule has 0 aliphatic carbocycles. The number of ether oxygens (including phenoxy) is 2. The molecule has 47 heavy (non-hydrogen) atoms. The molecule has 0 aliphatic heterocycles. The molecular weight excluding hydrogens is 617 g/mol. The first kappa shape index (κ1) is 45.8. The van der Waals surface area contributed by atoms with Crippen molar-refractivity contribution in [1.29, 1.82) is 0 Å². The maximum atomic E-state index is 12.6. The van der Waals surface area contributed by atoms with Crippen LogP contribution in [0.4, 0.5) is 0 Å². The SMILES string of the molecule is CCCC/C=C\CCCCCCCC(=O)OC[C@H](COP(=O)(O)OCC[N+](C)(C)C)OC(=O)CCCCCCCCCCCCCC. The van der Waals surface area contributed by atoms with Crippen LogP contribution in [-0.4, -0.2) is 74.9 Å². The fraction of sp³-hybridized carbons (Fsp3) is 0.892. The number of nitrogens with zero attached hydrogens (tertiary/aromatic N) is 1. The van der Waals surface area contributed by atoms with Gasteiger partial charge in [-0.1, -0.05) is 129 Å². The molecule has 10 heteroatoms. The van der Waals surface area contributed by atoms with Crippen LogP contribution < -0.4 is 0 Å². The van der Waals surface area contributed by atoms with Crippen LogP contribution in [0.25, 0.3) is 0 Å². The Bertz CT molecular complexity index is 830. The Hall–Kier alpha value is -1.25. The molecule has 1 N–H and O–H groups in total. The summed E-state index contributed by atoms with van der Waals surface area (Å²) in [7, 11) is 1.48. The van der Waals surface area contributed by atoms with Crippen molar-refractivity contribution < 1.29 is 42.1 Å². The number of carbonyl (C=O) groups is 2. The smallest absolute Gasteiger partial charge is 0.462 e. The monoisotopic (exact) mass is 691 g/mol. The van der Waals surface area contributed by atoms with E-state index in [9.17, 15) is 19.0 Å². The highest BCUT2D eigenvalue weighted by Gasteiger charge is 2.27. The molecule has 0 rings (SSSR count). The zero-order chi connectivity index (χ0) is 35.1. The molecular formula is C37H73NO8P+. The lowest BCUT2D eigenvalue weighted by molar-refractivity contribution is -0.870. The molecule has 0 fully saturated rings. The topological polar surface area (TPSA) is 108 Å². The van der Waals surface area contributed by atoms with E-state index in [1.807, 2.05) is 21.1 Å². The van der Waals surface area contributed by atoms with Gasteiger partial charge in [0, 0.05) is 12.8 Å². The Kier molecular flexibility index (Phi) is 30.0.